The summed E-state index contributed by atoms with van der Waals surface area (Å²) in [4.78, 5) is 16.9. The number of ether oxygens (including phenoxy) is 1. The largest absolute Gasteiger partial charge is 0.444 e. The first-order valence-electron chi connectivity index (χ1n) is 14.7. The van der Waals surface area contributed by atoms with Crippen molar-refractivity contribution >= 4 is 34.8 Å². The molecule has 6 aromatic rings. The first-order valence-corrected chi connectivity index (χ1v) is 14.7. The Morgan fingerprint density at radius 3 is 1.89 bits per heavy atom. The van der Waals surface area contributed by atoms with Gasteiger partial charge in [-0.25, -0.2) is 13.9 Å². The maximum Gasteiger partial charge on any atom is 0.412 e. The van der Waals surface area contributed by atoms with Crippen molar-refractivity contribution < 1.29 is 13.9 Å². The lowest BCUT2D eigenvalue weighted by molar-refractivity contribution is 0.0636. The van der Waals surface area contributed by atoms with Crippen LogP contribution in [0.1, 0.15) is 48.7 Å². The number of pyridine rings is 1. The van der Waals surface area contributed by atoms with Crippen molar-refractivity contribution in [3.05, 3.63) is 161 Å². The lowest BCUT2D eigenvalue weighted by atomic mass is 9.77. The number of hydrogen-bond acceptors (Lipinski definition) is 4. The molecule has 0 aliphatic heterocycles. The van der Waals surface area contributed by atoms with E-state index in [0.717, 1.165) is 22.3 Å². The summed E-state index contributed by atoms with van der Waals surface area (Å²) in [5, 5.41) is 8.40. The number of rotatable bonds is 7. The highest BCUT2D eigenvalue weighted by molar-refractivity contribution is 5.95. The van der Waals surface area contributed by atoms with E-state index in [-0.39, 0.29) is 11.2 Å². The van der Waals surface area contributed by atoms with E-state index in [4.69, 9.17) is 9.84 Å². The fourth-order valence-corrected chi connectivity index (χ4v) is 5.64. The zero-order chi connectivity index (χ0) is 31.4. The monoisotopic (exact) mass is 596 g/mol. The maximum atomic E-state index is 16.7. The minimum atomic E-state index is -1.05. The molecule has 224 valence electrons. The summed E-state index contributed by atoms with van der Waals surface area (Å²) in [7, 11) is 0. The highest BCUT2D eigenvalue weighted by Crippen LogP contribution is 2.43. The Bertz CT molecular complexity index is 1850. The Kier molecular flexibility index (Phi) is 8.00. The average Bonchev–Trinajstić information content (AvgIpc) is 3.40. The Labute approximate surface area is 261 Å². The summed E-state index contributed by atoms with van der Waals surface area (Å²) in [5.74, 6) is -0.542. The van der Waals surface area contributed by atoms with Crippen LogP contribution in [0.5, 0.6) is 0 Å². The van der Waals surface area contributed by atoms with E-state index in [9.17, 15) is 4.79 Å². The van der Waals surface area contributed by atoms with Crippen LogP contribution in [0, 0.1) is 5.82 Å². The molecule has 0 bridgehead atoms. The van der Waals surface area contributed by atoms with Crippen molar-refractivity contribution in [2.75, 3.05) is 5.32 Å². The predicted molar refractivity (Wildman–Crippen MR) is 177 cm³/mol. The molecule has 2 aromatic heterocycles. The first-order chi connectivity index (χ1) is 21.8. The zero-order valence-corrected chi connectivity index (χ0v) is 25.3. The average molecular weight is 597 g/mol. The Hall–Kier alpha value is -5.56. The van der Waals surface area contributed by atoms with E-state index in [1.807, 2.05) is 115 Å². The second kappa shape index (κ2) is 12.2. The van der Waals surface area contributed by atoms with Gasteiger partial charge in [0.15, 0.2) is 5.82 Å². The summed E-state index contributed by atoms with van der Waals surface area (Å²) in [6, 6.07) is 36.8. The third-order valence-electron chi connectivity index (χ3n) is 7.41. The van der Waals surface area contributed by atoms with Crippen LogP contribution in [-0.4, -0.2) is 26.5 Å². The van der Waals surface area contributed by atoms with Crippen LogP contribution in [0.25, 0.3) is 23.1 Å². The summed E-state index contributed by atoms with van der Waals surface area (Å²) >= 11 is 0. The number of hydrogen-bond donors (Lipinski definition) is 1. The van der Waals surface area contributed by atoms with Crippen molar-refractivity contribution in [1.82, 2.24) is 14.8 Å². The maximum absolute atomic E-state index is 16.7. The van der Waals surface area contributed by atoms with Crippen LogP contribution in [0.3, 0.4) is 0 Å². The number of anilines is 1. The van der Waals surface area contributed by atoms with Crippen LogP contribution in [-0.2, 0) is 10.3 Å². The lowest BCUT2D eigenvalue weighted by Crippen LogP contribution is -2.38. The zero-order valence-electron chi connectivity index (χ0n) is 25.3. The van der Waals surface area contributed by atoms with E-state index < -0.39 is 23.1 Å². The van der Waals surface area contributed by atoms with Crippen LogP contribution in [0.4, 0.5) is 14.9 Å². The van der Waals surface area contributed by atoms with Crippen molar-refractivity contribution in [3.63, 3.8) is 0 Å². The molecule has 0 atom stereocenters. The van der Waals surface area contributed by atoms with Crippen molar-refractivity contribution in [2.45, 2.75) is 31.9 Å². The molecular weight excluding hydrogens is 563 g/mol. The van der Waals surface area contributed by atoms with E-state index >= 15 is 4.39 Å². The number of fused-ring (bicyclic) bond motifs is 1. The fraction of sp³-hybridized carbons (Fsp3) is 0.132. The number of halogens is 1. The number of amides is 1. The van der Waals surface area contributed by atoms with Gasteiger partial charge in [-0.1, -0.05) is 103 Å². The number of carbonyl (C=O) groups is 1. The number of nitrogens with one attached hydrogen (secondary N) is 1. The molecule has 1 amide bonds. The number of aromatic nitrogens is 3. The Morgan fingerprint density at radius 2 is 1.38 bits per heavy atom. The second-order valence-corrected chi connectivity index (χ2v) is 11.7. The van der Waals surface area contributed by atoms with E-state index in [0.29, 0.717) is 11.1 Å². The molecule has 6 rings (SSSR count). The van der Waals surface area contributed by atoms with Gasteiger partial charge >= 0.3 is 6.09 Å². The molecule has 2 heterocycles. The molecule has 0 spiro atoms. The summed E-state index contributed by atoms with van der Waals surface area (Å²) in [6.45, 7) is 5.33. The molecule has 0 radical (unpaired) electrons. The van der Waals surface area contributed by atoms with Gasteiger partial charge in [0.1, 0.15) is 16.7 Å². The molecule has 7 heteroatoms. The summed E-state index contributed by atoms with van der Waals surface area (Å²) in [6.07, 6.45) is 6.51. The fourth-order valence-electron chi connectivity index (χ4n) is 5.64. The van der Waals surface area contributed by atoms with Crippen LogP contribution in [0.2, 0.25) is 0 Å². The second-order valence-electron chi connectivity index (χ2n) is 11.7. The topological polar surface area (TPSA) is 69.0 Å². The number of carbonyl (C=O) groups excluding carboxylic acids is 1. The molecular formula is C38H33FN4O2. The predicted octanol–water partition coefficient (Wildman–Crippen LogP) is 8.93. The molecule has 1 N–H and O–H groups in total. The van der Waals surface area contributed by atoms with Gasteiger partial charge in [-0.2, -0.15) is 5.10 Å². The SMILES string of the molecule is CC(C)(C)OC(=O)Nc1cc(F)c2c(c1)c(C=Cc1cccnc1)nn2C(c1ccccc1)(c1ccccc1)c1ccccc1. The number of benzene rings is 4. The quantitative estimate of drug-likeness (QED) is 0.187. The van der Waals surface area contributed by atoms with Crippen molar-refractivity contribution in [3.8, 4) is 0 Å². The summed E-state index contributed by atoms with van der Waals surface area (Å²) in [5.41, 5.74) is 2.89. The van der Waals surface area contributed by atoms with Crippen LogP contribution in [0.15, 0.2) is 128 Å². The van der Waals surface area contributed by atoms with Gasteiger partial charge in [0.05, 0.1) is 5.69 Å². The highest BCUT2D eigenvalue weighted by Gasteiger charge is 2.41. The van der Waals surface area contributed by atoms with Gasteiger partial charge in [-0.05, 0) is 67.3 Å². The van der Waals surface area contributed by atoms with Gasteiger partial charge in [0.25, 0.3) is 0 Å². The van der Waals surface area contributed by atoms with Gasteiger partial charge in [-0.3, -0.25) is 10.3 Å². The molecule has 0 aliphatic carbocycles. The smallest absolute Gasteiger partial charge is 0.412 e. The number of nitrogens with zero attached hydrogens (tertiary/aromatic N) is 3. The highest BCUT2D eigenvalue weighted by atomic mass is 19.1. The minimum absolute atomic E-state index is 0.259. The Morgan fingerprint density at radius 1 is 0.800 bits per heavy atom. The van der Waals surface area contributed by atoms with Crippen molar-refractivity contribution in [2.24, 2.45) is 0 Å². The summed E-state index contributed by atoms with van der Waals surface area (Å²) < 4.78 is 23.9. The molecule has 0 saturated carbocycles. The van der Waals surface area contributed by atoms with E-state index in [1.54, 1.807) is 43.9 Å². The van der Waals surface area contributed by atoms with Gasteiger partial charge in [0, 0.05) is 23.5 Å². The minimum Gasteiger partial charge on any atom is -0.444 e. The first kappa shape index (κ1) is 29.5. The third-order valence-corrected chi connectivity index (χ3v) is 7.41. The van der Waals surface area contributed by atoms with E-state index in [1.165, 1.54) is 6.07 Å². The van der Waals surface area contributed by atoms with Crippen molar-refractivity contribution in [1.29, 1.82) is 0 Å². The molecule has 0 fully saturated rings. The molecule has 0 unspecified atom stereocenters. The van der Waals surface area contributed by atoms with Gasteiger partial charge < -0.3 is 4.74 Å². The normalized spacial score (nSPS) is 12.0. The van der Waals surface area contributed by atoms with Crippen LogP contribution < -0.4 is 5.32 Å². The molecule has 6 nitrogen and oxygen atoms in total. The molecule has 0 aliphatic rings. The van der Waals surface area contributed by atoms with Gasteiger partial charge in [0.2, 0.25) is 0 Å². The molecule has 0 saturated heterocycles. The molecule has 4 aromatic carbocycles. The van der Waals surface area contributed by atoms with Gasteiger partial charge in [-0.15, -0.1) is 0 Å². The van der Waals surface area contributed by atoms with E-state index in [2.05, 4.69) is 10.3 Å². The lowest BCUT2D eigenvalue weighted by Gasteiger charge is -2.37. The standard InChI is InChI=1S/C38H33FN4O2/c1-37(2,3)45-36(44)41-31-24-32-34(22-21-27-14-13-23-40-26-27)42-43(35(32)33(39)25-31)38(28-15-7-4-8-16-28,29-17-9-5-10-18-29)30-19-11-6-12-20-30/h4-26H,1-3H3,(H,41,44). The van der Waals surface area contributed by atoms with Crippen LogP contribution >= 0.6 is 0 Å². The Balaban J connectivity index is 1.67. The molecule has 45 heavy (non-hydrogen) atoms. The third kappa shape index (κ3) is 5.97.